The van der Waals surface area contributed by atoms with Crippen LogP contribution in [0.15, 0.2) is 12.1 Å². The number of aliphatic carboxylic acids is 1. The third-order valence-corrected chi connectivity index (χ3v) is 2.68. The molecule has 1 rings (SSSR count). The molecule has 2 N–H and O–H groups in total. The summed E-state index contributed by atoms with van der Waals surface area (Å²) in [4.78, 5) is 10.4. The monoisotopic (exact) mass is 237 g/mol. The molecule has 0 saturated heterocycles. The Kier molecular flexibility index (Phi) is 4.97. The van der Waals surface area contributed by atoms with Gasteiger partial charge in [-0.05, 0) is 36.6 Å². The van der Waals surface area contributed by atoms with Gasteiger partial charge in [-0.25, -0.2) is 0 Å². The smallest absolute Gasteiger partial charge is 0.304 e. The van der Waals surface area contributed by atoms with Gasteiger partial charge >= 0.3 is 5.97 Å². The van der Waals surface area contributed by atoms with E-state index in [1.54, 1.807) is 7.11 Å². The van der Waals surface area contributed by atoms with Crippen molar-refractivity contribution in [3.63, 3.8) is 0 Å². The maximum absolute atomic E-state index is 10.4. The lowest BCUT2D eigenvalue weighted by atomic mass is 10.0. The Morgan fingerprint density at radius 1 is 1.35 bits per heavy atom. The van der Waals surface area contributed by atoms with Crippen molar-refractivity contribution in [2.45, 2.75) is 26.8 Å². The molecule has 0 radical (unpaired) electrons. The molecule has 4 nitrogen and oxygen atoms in total. The predicted octanol–water partition coefficient (Wildman–Crippen LogP) is 1.88. The molecule has 0 bridgehead atoms. The lowest BCUT2D eigenvalue weighted by Crippen LogP contribution is -2.18. The zero-order chi connectivity index (χ0) is 12.8. The number of aryl methyl sites for hydroxylation is 2. The Morgan fingerprint density at radius 3 is 2.65 bits per heavy atom. The Bertz CT molecular complexity index is 402. The molecule has 0 saturated carbocycles. The van der Waals surface area contributed by atoms with E-state index in [1.165, 1.54) is 5.56 Å². The fourth-order valence-corrected chi connectivity index (χ4v) is 1.68. The number of benzene rings is 1. The van der Waals surface area contributed by atoms with Gasteiger partial charge in [0.25, 0.3) is 0 Å². The maximum atomic E-state index is 10.4. The molecule has 94 valence electrons. The standard InChI is InChI=1S/C13H19NO3/c1-9-7-12(17-3)10(2)6-11(9)8-14-5-4-13(15)16/h6-7,14H,4-5,8H2,1-3H3,(H,15,16). The van der Waals surface area contributed by atoms with Crippen molar-refractivity contribution >= 4 is 5.97 Å². The van der Waals surface area contributed by atoms with E-state index in [9.17, 15) is 4.79 Å². The number of carboxylic acids is 1. The van der Waals surface area contributed by atoms with Crippen molar-refractivity contribution in [3.05, 3.63) is 28.8 Å². The van der Waals surface area contributed by atoms with Crippen LogP contribution in [0.2, 0.25) is 0 Å². The quantitative estimate of drug-likeness (QED) is 0.742. The first-order valence-electron chi connectivity index (χ1n) is 5.61. The van der Waals surface area contributed by atoms with Gasteiger partial charge in [-0.1, -0.05) is 6.07 Å². The van der Waals surface area contributed by atoms with Gasteiger partial charge in [0.1, 0.15) is 5.75 Å². The van der Waals surface area contributed by atoms with Gasteiger partial charge in [0.15, 0.2) is 0 Å². The Morgan fingerprint density at radius 2 is 2.06 bits per heavy atom. The van der Waals surface area contributed by atoms with Crippen molar-refractivity contribution in [1.29, 1.82) is 0 Å². The number of nitrogens with one attached hydrogen (secondary N) is 1. The van der Waals surface area contributed by atoms with Crippen LogP contribution in [0.1, 0.15) is 23.1 Å². The van der Waals surface area contributed by atoms with E-state index < -0.39 is 5.97 Å². The SMILES string of the molecule is COc1cc(C)c(CNCCC(=O)O)cc1C. The second kappa shape index (κ2) is 6.25. The van der Waals surface area contributed by atoms with Crippen LogP contribution in [0.3, 0.4) is 0 Å². The van der Waals surface area contributed by atoms with Crippen LogP contribution >= 0.6 is 0 Å². The van der Waals surface area contributed by atoms with Gasteiger partial charge in [0.2, 0.25) is 0 Å². The molecule has 0 aromatic heterocycles. The van der Waals surface area contributed by atoms with E-state index >= 15 is 0 Å². The maximum Gasteiger partial charge on any atom is 0.304 e. The van der Waals surface area contributed by atoms with Crippen LogP contribution in [0.4, 0.5) is 0 Å². The largest absolute Gasteiger partial charge is 0.496 e. The van der Waals surface area contributed by atoms with Crippen LogP contribution in [0.5, 0.6) is 5.75 Å². The topological polar surface area (TPSA) is 58.6 Å². The number of rotatable bonds is 6. The Balaban J connectivity index is 2.59. The van der Waals surface area contributed by atoms with E-state index in [0.29, 0.717) is 13.1 Å². The lowest BCUT2D eigenvalue weighted by molar-refractivity contribution is -0.136. The molecule has 0 spiro atoms. The van der Waals surface area contributed by atoms with Gasteiger partial charge in [0, 0.05) is 13.1 Å². The van der Waals surface area contributed by atoms with Crippen LogP contribution in [-0.2, 0) is 11.3 Å². The number of ether oxygens (including phenoxy) is 1. The molecule has 0 unspecified atom stereocenters. The first-order valence-corrected chi connectivity index (χ1v) is 5.61. The molecule has 0 fully saturated rings. The second-order valence-electron chi connectivity index (χ2n) is 4.07. The van der Waals surface area contributed by atoms with E-state index in [1.807, 2.05) is 19.9 Å². The van der Waals surface area contributed by atoms with Crippen LogP contribution in [0.25, 0.3) is 0 Å². The molecule has 0 aliphatic heterocycles. The molecule has 0 aliphatic carbocycles. The minimum absolute atomic E-state index is 0.147. The number of carboxylic acid groups (broad SMARTS) is 1. The fraction of sp³-hybridized carbons (Fsp3) is 0.462. The first-order chi connectivity index (χ1) is 8.04. The Labute approximate surface area is 102 Å². The van der Waals surface area contributed by atoms with Crippen molar-refractivity contribution in [2.75, 3.05) is 13.7 Å². The molecule has 0 aliphatic rings. The highest BCUT2D eigenvalue weighted by atomic mass is 16.5. The summed E-state index contributed by atoms with van der Waals surface area (Å²) in [6.45, 7) is 5.19. The van der Waals surface area contributed by atoms with E-state index in [4.69, 9.17) is 9.84 Å². The molecular weight excluding hydrogens is 218 g/mol. The summed E-state index contributed by atoms with van der Waals surface area (Å²) in [6.07, 6.45) is 0.147. The van der Waals surface area contributed by atoms with Crippen LogP contribution in [-0.4, -0.2) is 24.7 Å². The molecule has 0 amide bonds. The summed E-state index contributed by atoms with van der Waals surface area (Å²) < 4.78 is 5.24. The van der Waals surface area contributed by atoms with E-state index in [0.717, 1.165) is 16.9 Å². The molecule has 1 aromatic rings. The fourth-order valence-electron chi connectivity index (χ4n) is 1.68. The second-order valence-corrected chi connectivity index (χ2v) is 4.07. The number of carbonyl (C=O) groups is 1. The van der Waals surface area contributed by atoms with Gasteiger partial charge in [-0.2, -0.15) is 0 Å². The van der Waals surface area contributed by atoms with Crippen molar-refractivity contribution in [2.24, 2.45) is 0 Å². The summed E-state index contributed by atoms with van der Waals surface area (Å²) in [5, 5.41) is 11.6. The van der Waals surface area contributed by atoms with E-state index in [-0.39, 0.29) is 6.42 Å². The third-order valence-electron chi connectivity index (χ3n) is 2.68. The highest BCUT2D eigenvalue weighted by Gasteiger charge is 2.04. The first kappa shape index (κ1) is 13.5. The molecule has 1 aromatic carbocycles. The van der Waals surface area contributed by atoms with E-state index in [2.05, 4.69) is 11.4 Å². The lowest BCUT2D eigenvalue weighted by Gasteiger charge is -2.11. The molecule has 4 heteroatoms. The van der Waals surface area contributed by atoms with Crippen LogP contribution in [0, 0.1) is 13.8 Å². The summed E-state index contributed by atoms with van der Waals surface area (Å²) in [5.41, 5.74) is 3.41. The minimum Gasteiger partial charge on any atom is -0.496 e. The summed E-state index contributed by atoms with van der Waals surface area (Å²) >= 11 is 0. The normalized spacial score (nSPS) is 10.3. The summed E-state index contributed by atoms with van der Waals surface area (Å²) in [5.74, 6) is 0.108. The third kappa shape index (κ3) is 4.07. The zero-order valence-electron chi connectivity index (χ0n) is 10.5. The van der Waals surface area contributed by atoms with Gasteiger partial charge in [-0.15, -0.1) is 0 Å². The van der Waals surface area contributed by atoms with Crippen LogP contribution < -0.4 is 10.1 Å². The summed E-state index contributed by atoms with van der Waals surface area (Å²) in [7, 11) is 1.66. The Hall–Kier alpha value is -1.55. The number of methoxy groups -OCH3 is 1. The zero-order valence-corrected chi connectivity index (χ0v) is 10.5. The molecule has 17 heavy (non-hydrogen) atoms. The average Bonchev–Trinajstić information content (AvgIpc) is 2.28. The minimum atomic E-state index is -0.778. The molecular formula is C13H19NO3. The van der Waals surface area contributed by atoms with Gasteiger partial charge in [0.05, 0.1) is 13.5 Å². The van der Waals surface area contributed by atoms with Gasteiger partial charge in [-0.3, -0.25) is 4.79 Å². The predicted molar refractivity (Wildman–Crippen MR) is 66.4 cm³/mol. The molecule has 0 heterocycles. The van der Waals surface area contributed by atoms with Crippen molar-refractivity contribution in [1.82, 2.24) is 5.32 Å². The summed E-state index contributed by atoms with van der Waals surface area (Å²) in [6, 6.07) is 4.07. The average molecular weight is 237 g/mol. The van der Waals surface area contributed by atoms with Crippen molar-refractivity contribution < 1.29 is 14.6 Å². The highest BCUT2D eigenvalue weighted by molar-refractivity contribution is 5.66. The van der Waals surface area contributed by atoms with Gasteiger partial charge < -0.3 is 15.2 Å². The number of hydrogen-bond acceptors (Lipinski definition) is 3. The van der Waals surface area contributed by atoms with Crippen molar-refractivity contribution in [3.8, 4) is 5.75 Å². The molecule has 0 atom stereocenters. The highest BCUT2D eigenvalue weighted by Crippen LogP contribution is 2.22. The number of hydrogen-bond donors (Lipinski definition) is 2.